The highest BCUT2D eigenvalue weighted by Crippen LogP contribution is 2.30. The average molecular weight is 337 g/mol. The van der Waals surface area contributed by atoms with Crippen LogP contribution in [-0.2, 0) is 0 Å². The fourth-order valence-electron chi connectivity index (χ4n) is 2.64. The van der Waals surface area contributed by atoms with Gasteiger partial charge >= 0.3 is 0 Å². The van der Waals surface area contributed by atoms with E-state index in [0.717, 1.165) is 28.0 Å². The minimum absolute atomic E-state index is 0.257. The molecule has 0 amide bonds. The summed E-state index contributed by atoms with van der Waals surface area (Å²) in [5.41, 5.74) is 11.3. The Morgan fingerprint density at radius 3 is 2.21 bits per heavy atom. The van der Waals surface area contributed by atoms with E-state index >= 15 is 0 Å². The summed E-state index contributed by atoms with van der Waals surface area (Å²) in [4.78, 5) is 0. The van der Waals surface area contributed by atoms with Gasteiger partial charge in [-0.2, -0.15) is 3.98 Å². The second-order valence-electron chi connectivity index (χ2n) is 5.58. The Hall–Kier alpha value is -2.59. The van der Waals surface area contributed by atoms with Crippen LogP contribution in [0.5, 0.6) is 0 Å². The Bertz CT molecular complexity index is 868. The smallest absolute Gasteiger partial charge is 0.212 e. The molecule has 1 aliphatic rings. The van der Waals surface area contributed by atoms with Gasteiger partial charge in [-0.25, -0.2) is 4.39 Å². The lowest BCUT2D eigenvalue weighted by atomic mass is 9.90. The van der Waals surface area contributed by atoms with Gasteiger partial charge in [0.1, 0.15) is 25.7 Å². The Morgan fingerprint density at radius 1 is 0.958 bits per heavy atom. The predicted octanol–water partition coefficient (Wildman–Crippen LogP) is 4.26. The fourth-order valence-corrected chi connectivity index (χ4v) is 2.77. The minimum atomic E-state index is -0.257. The number of allylic oxidation sites excluding steroid dienone is 5. The zero-order valence-electron chi connectivity index (χ0n) is 13.3. The topological polar surface area (TPSA) is 29.0 Å². The van der Waals surface area contributed by atoms with E-state index in [0.29, 0.717) is 5.69 Å². The lowest BCUT2D eigenvalue weighted by Crippen LogP contribution is -2.06. The Labute approximate surface area is 146 Å². The molecule has 2 N–H and O–H groups in total. The van der Waals surface area contributed by atoms with Crippen molar-refractivity contribution in [1.82, 2.24) is 0 Å². The molecule has 0 atom stereocenters. The third kappa shape index (κ3) is 3.49. The SMILES string of the molecule is C[N+](S)=C1C=CC(=C(c2ccc(N)cc2)c2cccc(F)c2)C=C1. The van der Waals surface area contributed by atoms with Crippen LogP contribution in [-0.4, -0.2) is 16.7 Å². The van der Waals surface area contributed by atoms with Gasteiger partial charge in [0.15, 0.2) is 0 Å². The number of thiol groups is 1. The first-order valence-corrected chi connectivity index (χ1v) is 7.96. The maximum Gasteiger partial charge on any atom is 0.212 e. The molecule has 0 aromatic heterocycles. The third-order valence-electron chi connectivity index (χ3n) is 3.84. The second-order valence-corrected chi connectivity index (χ2v) is 6.18. The van der Waals surface area contributed by atoms with Crippen molar-refractivity contribution in [3.8, 4) is 0 Å². The van der Waals surface area contributed by atoms with Gasteiger partial charge in [0, 0.05) is 17.8 Å². The zero-order chi connectivity index (χ0) is 17.1. The summed E-state index contributed by atoms with van der Waals surface area (Å²) in [7, 11) is 1.87. The maximum absolute atomic E-state index is 13.7. The number of rotatable bonds is 2. The molecule has 0 unspecified atom stereocenters. The number of nitrogens with zero attached hydrogens (tertiary/aromatic N) is 1. The van der Waals surface area contributed by atoms with Gasteiger partial charge in [0.05, 0.1) is 0 Å². The highest BCUT2D eigenvalue weighted by Gasteiger charge is 2.13. The molecule has 0 fully saturated rings. The van der Waals surface area contributed by atoms with Crippen molar-refractivity contribution in [2.75, 3.05) is 12.8 Å². The molecule has 1 aliphatic carbocycles. The Morgan fingerprint density at radius 2 is 1.62 bits per heavy atom. The number of hydrogen-bond donors (Lipinski definition) is 2. The lowest BCUT2D eigenvalue weighted by molar-refractivity contribution is -0.299. The van der Waals surface area contributed by atoms with Crippen molar-refractivity contribution < 1.29 is 8.37 Å². The molecule has 0 spiro atoms. The van der Waals surface area contributed by atoms with Crippen LogP contribution in [0.15, 0.2) is 78.4 Å². The first kappa shape index (κ1) is 16.3. The number of nitrogen functional groups attached to an aromatic ring is 1. The maximum atomic E-state index is 13.7. The van der Waals surface area contributed by atoms with Gasteiger partial charge in [0.2, 0.25) is 5.71 Å². The molecule has 120 valence electrons. The van der Waals surface area contributed by atoms with Gasteiger partial charge in [-0.05, 0) is 58.7 Å². The van der Waals surface area contributed by atoms with E-state index in [-0.39, 0.29) is 5.82 Å². The van der Waals surface area contributed by atoms with Crippen LogP contribution in [0.1, 0.15) is 11.1 Å². The van der Waals surface area contributed by atoms with Gasteiger partial charge in [-0.3, -0.25) is 0 Å². The number of hydrogen-bond acceptors (Lipinski definition) is 2. The third-order valence-corrected chi connectivity index (χ3v) is 4.07. The van der Waals surface area contributed by atoms with Gasteiger partial charge in [-0.1, -0.05) is 24.3 Å². The van der Waals surface area contributed by atoms with Crippen LogP contribution in [0.25, 0.3) is 5.57 Å². The first-order chi connectivity index (χ1) is 11.5. The normalized spacial score (nSPS) is 13.3. The Kier molecular flexibility index (Phi) is 4.67. The van der Waals surface area contributed by atoms with Crippen LogP contribution in [0.2, 0.25) is 0 Å². The standard InChI is InChI=1S/C20H17FN2S/c1-23(24)19-11-7-15(8-12-19)20(14-5-9-18(22)10-6-14)16-3-2-4-17(21)13-16/h2-13,22,24H,1H3/p+1. The highest BCUT2D eigenvalue weighted by atomic mass is 32.1. The highest BCUT2D eigenvalue weighted by molar-refractivity contribution is 7.73. The van der Waals surface area contributed by atoms with Crippen molar-refractivity contribution in [1.29, 1.82) is 0 Å². The van der Waals surface area contributed by atoms with Crippen molar-refractivity contribution >= 4 is 29.8 Å². The van der Waals surface area contributed by atoms with E-state index in [1.807, 2.05) is 61.7 Å². The zero-order valence-corrected chi connectivity index (χ0v) is 14.2. The molecule has 24 heavy (non-hydrogen) atoms. The van der Waals surface area contributed by atoms with E-state index in [4.69, 9.17) is 5.73 Å². The molecule has 0 heterocycles. The summed E-state index contributed by atoms with van der Waals surface area (Å²) < 4.78 is 15.5. The molecule has 2 nitrogen and oxygen atoms in total. The summed E-state index contributed by atoms with van der Waals surface area (Å²) in [6.07, 6.45) is 8.00. The molecule has 0 aliphatic heterocycles. The summed E-state index contributed by atoms with van der Waals surface area (Å²) >= 11 is 4.30. The molecular formula is C20H18FN2S+. The second kappa shape index (κ2) is 6.89. The molecule has 0 saturated heterocycles. The van der Waals surface area contributed by atoms with Crippen molar-refractivity contribution in [2.24, 2.45) is 0 Å². The monoisotopic (exact) mass is 337 g/mol. The van der Waals surface area contributed by atoms with E-state index in [2.05, 4.69) is 12.8 Å². The van der Waals surface area contributed by atoms with Gasteiger partial charge in [0.25, 0.3) is 0 Å². The molecule has 3 rings (SSSR count). The molecule has 0 radical (unpaired) electrons. The molecule has 0 saturated carbocycles. The predicted molar refractivity (Wildman–Crippen MR) is 102 cm³/mol. The van der Waals surface area contributed by atoms with Crippen molar-refractivity contribution in [3.63, 3.8) is 0 Å². The fraction of sp³-hybridized carbons (Fsp3) is 0.0500. The van der Waals surface area contributed by atoms with Crippen LogP contribution in [0.3, 0.4) is 0 Å². The van der Waals surface area contributed by atoms with Crippen LogP contribution < -0.4 is 5.73 Å². The van der Waals surface area contributed by atoms with Crippen molar-refractivity contribution in [2.45, 2.75) is 0 Å². The minimum Gasteiger partial charge on any atom is -0.399 e. The van der Waals surface area contributed by atoms with E-state index < -0.39 is 0 Å². The molecule has 0 bridgehead atoms. The van der Waals surface area contributed by atoms with Gasteiger partial charge < -0.3 is 5.73 Å². The number of nitrogens with two attached hydrogens (primary N) is 1. The molecule has 2 aromatic rings. The summed E-state index contributed by atoms with van der Waals surface area (Å²) in [6, 6.07) is 14.2. The number of halogens is 1. The quantitative estimate of drug-likeness (QED) is 0.478. The lowest BCUT2D eigenvalue weighted by Gasteiger charge is -2.14. The molecular weight excluding hydrogens is 319 g/mol. The van der Waals surface area contributed by atoms with Gasteiger partial charge in [-0.15, -0.1) is 0 Å². The average Bonchev–Trinajstić information content (AvgIpc) is 2.57. The number of anilines is 1. The summed E-state index contributed by atoms with van der Waals surface area (Å²) in [5.74, 6) is -0.257. The van der Waals surface area contributed by atoms with Crippen LogP contribution >= 0.6 is 12.8 Å². The first-order valence-electron chi connectivity index (χ1n) is 7.56. The van der Waals surface area contributed by atoms with E-state index in [1.54, 1.807) is 16.1 Å². The summed E-state index contributed by atoms with van der Waals surface area (Å²) in [6.45, 7) is 0. The molecule has 2 aromatic carbocycles. The van der Waals surface area contributed by atoms with E-state index in [9.17, 15) is 4.39 Å². The van der Waals surface area contributed by atoms with E-state index in [1.165, 1.54) is 6.07 Å². The number of benzene rings is 2. The summed E-state index contributed by atoms with van der Waals surface area (Å²) in [5, 5.41) is 0. The van der Waals surface area contributed by atoms with Crippen molar-refractivity contribution in [3.05, 3.63) is 95.4 Å². The largest absolute Gasteiger partial charge is 0.399 e. The molecule has 4 heteroatoms. The van der Waals surface area contributed by atoms with Crippen LogP contribution in [0.4, 0.5) is 10.1 Å². The van der Waals surface area contributed by atoms with Crippen LogP contribution in [0, 0.1) is 5.82 Å². The Balaban J connectivity index is 2.19.